The second-order valence-corrected chi connectivity index (χ2v) is 6.16. The number of fused-ring (bicyclic) bond motifs is 1. The van der Waals surface area contributed by atoms with Gasteiger partial charge in [0.1, 0.15) is 0 Å². The van der Waals surface area contributed by atoms with Crippen molar-refractivity contribution in [1.82, 2.24) is 19.9 Å². The van der Waals surface area contributed by atoms with Gasteiger partial charge in [0.05, 0.1) is 16.7 Å². The summed E-state index contributed by atoms with van der Waals surface area (Å²) in [4.78, 5) is 20.6. The van der Waals surface area contributed by atoms with Crippen LogP contribution in [0, 0.1) is 0 Å². The predicted octanol–water partition coefficient (Wildman–Crippen LogP) is 4.22. The van der Waals surface area contributed by atoms with Crippen molar-refractivity contribution in [3.05, 3.63) is 78.5 Å². The van der Waals surface area contributed by atoms with Crippen molar-refractivity contribution in [2.24, 2.45) is 0 Å². The van der Waals surface area contributed by atoms with Crippen LogP contribution in [0.4, 0.5) is 4.79 Å². The molecular weight excluding hydrogens is 324 g/mol. The standard InChI is InChI=1S/C21H20N4O/c26-21(23-15-6-10-16-8-2-1-3-9-16)25-19-13-5-4-11-17(19)24-20(25)18-12-7-14-22-18/h1-5,7-9,11-14,22H,6,10,15H2,(H,23,26). The molecule has 1 amide bonds. The van der Waals surface area contributed by atoms with Crippen LogP contribution < -0.4 is 5.32 Å². The highest BCUT2D eigenvalue weighted by molar-refractivity contribution is 5.93. The van der Waals surface area contributed by atoms with E-state index in [4.69, 9.17) is 0 Å². The highest BCUT2D eigenvalue weighted by Crippen LogP contribution is 2.23. The van der Waals surface area contributed by atoms with Gasteiger partial charge in [-0.1, -0.05) is 42.5 Å². The van der Waals surface area contributed by atoms with Crippen LogP contribution in [0.5, 0.6) is 0 Å². The van der Waals surface area contributed by atoms with Crippen molar-refractivity contribution in [1.29, 1.82) is 0 Å². The number of aryl methyl sites for hydroxylation is 1. The van der Waals surface area contributed by atoms with E-state index in [1.54, 1.807) is 4.57 Å². The maximum absolute atomic E-state index is 12.8. The molecule has 26 heavy (non-hydrogen) atoms. The lowest BCUT2D eigenvalue weighted by Crippen LogP contribution is -2.30. The van der Waals surface area contributed by atoms with Crippen LogP contribution in [-0.4, -0.2) is 27.1 Å². The number of aromatic nitrogens is 3. The zero-order chi connectivity index (χ0) is 17.8. The van der Waals surface area contributed by atoms with Crippen molar-refractivity contribution in [2.45, 2.75) is 12.8 Å². The smallest absolute Gasteiger partial charge is 0.327 e. The third kappa shape index (κ3) is 3.24. The van der Waals surface area contributed by atoms with E-state index in [0.717, 1.165) is 29.6 Å². The number of aromatic amines is 1. The summed E-state index contributed by atoms with van der Waals surface area (Å²) in [6, 6.07) is 21.6. The van der Waals surface area contributed by atoms with Crippen LogP contribution in [0.1, 0.15) is 12.0 Å². The van der Waals surface area contributed by atoms with E-state index in [1.807, 2.05) is 60.8 Å². The van der Waals surface area contributed by atoms with Crippen LogP contribution in [0.25, 0.3) is 22.6 Å². The summed E-state index contributed by atoms with van der Waals surface area (Å²) in [5, 5.41) is 3.02. The highest BCUT2D eigenvalue weighted by atomic mass is 16.2. The molecule has 130 valence electrons. The number of imidazole rings is 1. The van der Waals surface area contributed by atoms with Crippen molar-refractivity contribution < 1.29 is 4.79 Å². The summed E-state index contributed by atoms with van der Waals surface area (Å²) in [7, 11) is 0. The molecule has 2 N–H and O–H groups in total. The summed E-state index contributed by atoms with van der Waals surface area (Å²) in [5.74, 6) is 0.622. The Morgan fingerprint density at radius 2 is 1.81 bits per heavy atom. The summed E-state index contributed by atoms with van der Waals surface area (Å²) < 4.78 is 1.64. The van der Waals surface area contributed by atoms with Crippen LogP contribution in [0.2, 0.25) is 0 Å². The first-order chi connectivity index (χ1) is 12.8. The molecule has 0 saturated carbocycles. The maximum atomic E-state index is 12.8. The SMILES string of the molecule is O=C(NCCCc1ccccc1)n1c(-c2ccc[nH]2)nc2ccccc21. The molecule has 0 atom stereocenters. The Bertz CT molecular complexity index is 1000. The van der Waals surface area contributed by atoms with Gasteiger partial charge in [0.2, 0.25) is 0 Å². The van der Waals surface area contributed by atoms with Crippen LogP contribution in [0.15, 0.2) is 72.9 Å². The third-order valence-electron chi connectivity index (χ3n) is 4.36. The maximum Gasteiger partial charge on any atom is 0.327 e. The van der Waals surface area contributed by atoms with E-state index in [0.29, 0.717) is 12.4 Å². The van der Waals surface area contributed by atoms with Crippen molar-refractivity contribution >= 4 is 17.1 Å². The Labute approximate surface area is 151 Å². The minimum atomic E-state index is -0.156. The van der Waals surface area contributed by atoms with E-state index in [-0.39, 0.29) is 6.03 Å². The highest BCUT2D eigenvalue weighted by Gasteiger charge is 2.18. The molecule has 0 aliphatic carbocycles. The molecule has 4 aromatic rings. The Morgan fingerprint density at radius 1 is 1.00 bits per heavy atom. The fraction of sp³-hybridized carbons (Fsp3) is 0.143. The predicted molar refractivity (Wildman–Crippen MR) is 103 cm³/mol. The van der Waals surface area contributed by atoms with Gasteiger partial charge in [-0.15, -0.1) is 0 Å². The minimum Gasteiger partial charge on any atom is -0.359 e. The molecule has 0 radical (unpaired) electrons. The number of para-hydroxylation sites is 2. The average molecular weight is 344 g/mol. The first kappa shape index (κ1) is 16.1. The number of benzene rings is 2. The second-order valence-electron chi connectivity index (χ2n) is 6.16. The van der Waals surface area contributed by atoms with Gasteiger partial charge in [-0.3, -0.25) is 0 Å². The Kier molecular flexibility index (Phi) is 4.51. The molecular formula is C21H20N4O. The van der Waals surface area contributed by atoms with E-state index >= 15 is 0 Å². The van der Waals surface area contributed by atoms with E-state index < -0.39 is 0 Å². The van der Waals surface area contributed by atoms with Gasteiger partial charge in [0.15, 0.2) is 5.82 Å². The van der Waals surface area contributed by atoms with E-state index in [9.17, 15) is 4.79 Å². The molecule has 0 saturated heterocycles. The lowest BCUT2D eigenvalue weighted by atomic mass is 10.1. The lowest BCUT2D eigenvalue weighted by Gasteiger charge is -2.09. The minimum absolute atomic E-state index is 0.156. The number of carbonyl (C=O) groups is 1. The fourth-order valence-corrected chi connectivity index (χ4v) is 3.09. The normalized spacial score (nSPS) is 10.9. The second kappa shape index (κ2) is 7.27. The van der Waals surface area contributed by atoms with Crippen molar-refractivity contribution in [2.75, 3.05) is 6.54 Å². The largest absolute Gasteiger partial charge is 0.359 e. The first-order valence-corrected chi connectivity index (χ1v) is 8.76. The molecule has 2 aromatic carbocycles. The number of nitrogens with zero attached hydrogens (tertiary/aromatic N) is 2. The number of nitrogens with one attached hydrogen (secondary N) is 2. The van der Waals surface area contributed by atoms with Crippen LogP contribution in [0.3, 0.4) is 0 Å². The quantitative estimate of drug-likeness (QED) is 0.532. The van der Waals surface area contributed by atoms with Gasteiger partial charge < -0.3 is 10.3 Å². The summed E-state index contributed by atoms with van der Waals surface area (Å²) >= 11 is 0. The molecule has 0 bridgehead atoms. The van der Waals surface area contributed by atoms with Crippen molar-refractivity contribution in [3.63, 3.8) is 0 Å². The molecule has 2 heterocycles. The van der Waals surface area contributed by atoms with E-state index in [1.165, 1.54) is 5.56 Å². The molecule has 5 heteroatoms. The third-order valence-corrected chi connectivity index (χ3v) is 4.36. The molecule has 5 nitrogen and oxygen atoms in total. The zero-order valence-corrected chi connectivity index (χ0v) is 14.4. The number of amides is 1. The average Bonchev–Trinajstić information content (AvgIpc) is 3.33. The van der Waals surface area contributed by atoms with Crippen molar-refractivity contribution in [3.8, 4) is 11.5 Å². The van der Waals surface area contributed by atoms with Crippen LogP contribution in [-0.2, 0) is 6.42 Å². The molecule has 0 unspecified atom stereocenters. The molecule has 2 aromatic heterocycles. The zero-order valence-electron chi connectivity index (χ0n) is 14.4. The lowest BCUT2D eigenvalue weighted by molar-refractivity contribution is 0.243. The fourth-order valence-electron chi connectivity index (χ4n) is 3.09. The number of rotatable bonds is 5. The number of hydrogen-bond acceptors (Lipinski definition) is 2. The van der Waals surface area contributed by atoms with Gasteiger partial charge in [0.25, 0.3) is 0 Å². The molecule has 4 rings (SSSR count). The summed E-state index contributed by atoms with van der Waals surface area (Å²) in [6.07, 6.45) is 3.66. The van der Waals surface area contributed by atoms with Gasteiger partial charge in [0, 0.05) is 12.7 Å². The molecule has 0 aliphatic heterocycles. The van der Waals surface area contributed by atoms with Gasteiger partial charge in [-0.05, 0) is 42.7 Å². The Morgan fingerprint density at radius 3 is 2.62 bits per heavy atom. The van der Waals surface area contributed by atoms with Gasteiger partial charge in [-0.25, -0.2) is 14.3 Å². The molecule has 0 spiro atoms. The monoisotopic (exact) mass is 344 g/mol. The topological polar surface area (TPSA) is 62.7 Å². The number of carbonyl (C=O) groups excluding carboxylic acids is 1. The van der Waals surface area contributed by atoms with E-state index in [2.05, 4.69) is 27.4 Å². The Hall–Kier alpha value is -3.34. The molecule has 0 fully saturated rings. The van der Waals surface area contributed by atoms with Gasteiger partial charge in [-0.2, -0.15) is 0 Å². The molecule has 0 aliphatic rings. The number of hydrogen-bond donors (Lipinski definition) is 2. The number of H-pyrrole nitrogens is 1. The Balaban J connectivity index is 1.52. The summed E-state index contributed by atoms with van der Waals surface area (Å²) in [6.45, 7) is 0.615. The van der Waals surface area contributed by atoms with Crippen LogP contribution >= 0.6 is 0 Å². The first-order valence-electron chi connectivity index (χ1n) is 8.76. The van der Waals surface area contributed by atoms with Gasteiger partial charge >= 0.3 is 6.03 Å². The summed E-state index contributed by atoms with van der Waals surface area (Å²) in [5.41, 5.74) is 3.71.